The molecule has 0 aliphatic heterocycles. The van der Waals surface area contributed by atoms with E-state index in [0.717, 1.165) is 16.3 Å². The molecule has 0 spiro atoms. The molecule has 0 saturated heterocycles. The maximum atomic E-state index is 15.2. The minimum Gasteiger partial charge on any atom is -0.388 e. The van der Waals surface area contributed by atoms with Gasteiger partial charge in [0.15, 0.2) is 5.82 Å². The van der Waals surface area contributed by atoms with Crippen LogP contribution in [0, 0.1) is 12.7 Å². The largest absolute Gasteiger partial charge is 0.388 e. The second kappa shape index (κ2) is 8.16. The van der Waals surface area contributed by atoms with Crippen LogP contribution in [0.1, 0.15) is 43.8 Å². The Bertz CT molecular complexity index is 1450. The molecule has 0 radical (unpaired) electrons. The summed E-state index contributed by atoms with van der Waals surface area (Å²) < 4.78 is 18.9. The Morgan fingerprint density at radius 1 is 1.16 bits per heavy atom. The quantitative estimate of drug-likeness (QED) is 0.518. The van der Waals surface area contributed by atoms with Crippen molar-refractivity contribution in [3.05, 3.63) is 80.4 Å². The summed E-state index contributed by atoms with van der Waals surface area (Å²) in [6, 6.07) is 6.17. The van der Waals surface area contributed by atoms with Gasteiger partial charge in [-0.15, -0.1) is 5.10 Å². The van der Waals surface area contributed by atoms with Crippen molar-refractivity contribution in [3.63, 3.8) is 0 Å². The summed E-state index contributed by atoms with van der Waals surface area (Å²) in [5, 5.41) is 14.4. The van der Waals surface area contributed by atoms with E-state index in [4.69, 9.17) is 0 Å². The molecule has 3 heterocycles. The molecule has 4 aromatic rings. The minimum absolute atomic E-state index is 0.0116. The van der Waals surface area contributed by atoms with Crippen molar-refractivity contribution >= 4 is 10.8 Å². The summed E-state index contributed by atoms with van der Waals surface area (Å²) in [5.41, 5.74) is 1.11. The highest BCUT2D eigenvalue weighted by Gasteiger charge is 2.20. The van der Waals surface area contributed by atoms with Crippen LogP contribution in [0.5, 0.6) is 0 Å². The third-order valence-electron chi connectivity index (χ3n) is 5.60. The predicted molar refractivity (Wildman–Crippen MR) is 119 cm³/mol. The van der Waals surface area contributed by atoms with Crippen molar-refractivity contribution in [1.82, 2.24) is 23.9 Å². The second-order valence-electron chi connectivity index (χ2n) is 7.88. The van der Waals surface area contributed by atoms with Crippen LogP contribution in [-0.4, -0.2) is 29.0 Å². The Balaban J connectivity index is 2.06. The van der Waals surface area contributed by atoms with Crippen LogP contribution in [0.25, 0.3) is 22.1 Å². The molecule has 0 aliphatic carbocycles. The van der Waals surface area contributed by atoms with E-state index < -0.39 is 18.1 Å². The molecule has 0 atom stereocenters. The first-order valence-corrected chi connectivity index (χ1v) is 10.4. The number of hydrogen-bond acceptors (Lipinski definition) is 5. The van der Waals surface area contributed by atoms with Gasteiger partial charge in [0.1, 0.15) is 18.1 Å². The van der Waals surface area contributed by atoms with Crippen molar-refractivity contribution < 1.29 is 9.50 Å². The molecule has 0 unspecified atom stereocenters. The van der Waals surface area contributed by atoms with E-state index in [-0.39, 0.29) is 34.9 Å². The van der Waals surface area contributed by atoms with Gasteiger partial charge in [-0.3, -0.25) is 18.9 Å². The second-order valence-corrected chi connectivity index (χ2v) is 7.88. The van der Waals surface area contributed by atoms with Gasteiger partial charge in [-0.25, -0.2) is 9.18 Å². The van der Waals surface area contributed by atoms with Crippen molar-refractivity contribution in [3.8, 4) is 11.4 Å². The Morgan fingerprint density at radius 3 is 2.50 bits per heavy atom. The van der Waals surface area contributed by atoms with Crippen LogP contribution in [0.4, 0.5) is 4.39 Å². The number of hydrogen-bond donors (Lipinski definition) is 1. The van der Waals surface area contributed by atoms with E-state index in [1.807, 2.05) is 13.8 Å². The van der Waals surface area contributed by atoms with E-state index in [2.05, 4.69) is 10.1 Å². The maximum Gasteiger partial charge on any atom is 0.350 e. The van der Waals surface area contributed by atoms with E-state index in [1.54, 1.807) is 38.4 Å². The predicted octanol–water partition coefficient (Wildman–Crippen LogP) is 2.82. The molecular weight excluding hydrogens is 413 g/mol. The smallest absolute Gasteiger partial charge is 0.350 e. The lowest BCUT2D eigenvalue weighted by Gasteiger charge is -2.16. The molecule has 0 aliphatic rings. The first-order valence-electron chi connectivity index (χ1n) is 10.4. The monoisotopic (exact) mass is 437 g/mol. The zero-order valence-corrected chi connectivity index (χ0v) is 18.3. The third-order valence-corrected chi connectivity index (χ3v) is 5.60. The zero-order valence-electron chi connectivity index (χ0n) is 18.3. The molecular formula is C23H24FN5O3. The Kier molecular flexibility index (Phi) is 5.52. The molecule has 8 nitrogen and oxygen atoms in total. The summed E-state index contributed by atoms with van der Waals surface area (Å²) in [6.07, 6.45) is 3.39. The molecule has 32 heavy (non-hydrogen) atoms. The number of aliphatic hydroxyl groups excluding tert-OH is 1. The number of aryl methyl sites for hydroxylation is 1. The van der Waals surface area contributed by atoms with Gasteiger partial charge in [-0.2, -0.15) is 4.68 Å². The SMILES string of the molecule is CCn1c(CO)nn(-c2cc3c(C(C)C)cn(-c4cccnc4C)c(=O)c3cc2F)c1=O. The fourth-order valence-corrected chi connectivity index (χ4v) is 3.93. The van der Waals surface area contributed by atoms with Crippen LogP contribution in [-0.2, 0) is 13.2 Å². The van der Waals surface area contributed by atoms with Crippen LogP contribution in [0.2, 0.25) is 0 Å². The molecule has 0 saturated carbocycles. The first-order chi connectivity index (χ1) is 15.3. The van der Waals surface area contributed by atoms with Gasteiger partial charge in [0, 0.05) is 18.9 Å². The maximum absolute atomic E-state index is 15.2. The molecule has 9 heteroatoms. The molecule has 1 aromatic carbocycles. The van der Waals surface area contributed by atoms with Gasteiger partial charge in [0.25, 0.3) is 5.56 Å². The lowest BCUT2D eigenvalue weighted by atomic mass is 9.97. The summed E-state index contributed by atoms with van der Waals surface area (Å²) in [5.74, 6) is -0.599. The average molecular weight is 437 g/mol. The van der Waals surface area contributed by atoms with E-state index in [9.17, 15) is 14.7 Å². The normalized spacial score (nSPS) is 11.6. The summed E-state index contributed by atoms with van der Waals surface area (Å²) in [4.78, 5) is 30.3. The van der Waals surface area contributed by atoms with Crippen molar-refractivity contribution in [2.24, 2.45) is 0 Å². The fourth-order valence-electron chi connectivity index (χ4n) is 3.93. The number of pyridine rings is 2. The van der Waals surface area contributed by atoms with Crippen molar-refractivity contribution in [1.29, 1.82) is 0 Å². The van der Waals surface area contributed by atoms with Gasteiger partial charge in [0.05, 0.1) is 16.8 Å². The van der Waals surface area contributed by atoms with Gasteiger partial charge in [0.2, 0.25) is 0 Å². The highest BCUT2D eigenvalue weighted by atomic mass is 19.1. The van der Waals surface area contributed by atoms with Gasteiger partial charge in [-0.1, -0.05) is 13.8 Å². The number of rotatable bonds is 5. The lowest BCUT2D eigenvalue weighted by Crippen LogP contribution is -2.25. The molecule has 4 rings (SSSR count). The van der Waals surface area contributed by atoms with Crippen LogP contribution >= 0.6 is 0 Å². The Hall–Kier alpha value is -3.59. The molecule has 0 fully saturated rings. The van der Waals surface area contributed by atoms with E-state index in [0.29, 0.717) is 16.8 Å². The minimum atomic E-state index is -0.752. The summed E-state index contributed by atoms with van der Waals surface area (Å²) in [6.45, 7) is 7.34. The number of halogens is 1. The third kappa shape index (κ3) is 3.34. The van der Waals surface area contributed by atoms with Crippen LogP contribution in [0.15, 0.2) is 46.2 Å². The number of benzene rings is 1. The van der Waals surface area contributed by atoms with Crippen LogP contribution in [0.3, 0.4) is 0 Å². The van der Waals surface area contributed by atoms with Crippen LogP contribution < -0.4 is 11.2 Å². The molecule has 0 bridgehead atoms. The number of aromatic nitrogens is 5. The molecule has 166 valence electrons. The average Bonchev–Trinajstić information content (AvgIpc) is 3.09. The first kappa shape index (κ1) is 21.6. The highest BCUT2D eigenvalue weighted by molar-refractivity contribution is 5.87. The van der Waals surface area contributed by atoms with Crippen molar-refractivity contribution in [2.45, 2.75) is 46.8 Å². The zero-order chi connectivity index (χ0) is 23.2. The molecule has 3 aromatic heterocycles. The summed E-state index contributed by atoms with van der Waals surface area (Å²) >= 11 is 0. The standard InChI is InChI=1S/C23H24FN5O3/c1-5-27-21(12-30)26-29(23(27)32)20-10-15-16(9-18(20)24)22(31)28(11-17(15)13(2)3)19-7-6-8-25-14(19)4/h6-11,13,30H,5,12H2,1-4H3. The Labute approximate surface area is 183 Å². The fraction of sp³-hybridized carbons (Fsp3) is 0.304. The molecule has 1 N–H and O–H groups in total. The number of nitrogens with zero attached hydrogens (tertiary/aromatic N) is 5. The highest BCUT2D eigenvalue weighted by Crippen LogP contribution is 2.28. The lowest BCUT2D eigenvalue weighted by molar-refractivity contribution is 0.264. The van der Waals surface area contributed by atoms with E-state index in [1.165, 1.54) is 15.2 Å². The van der Waals surface area contributed by atoms with Gasteiger partial charge >= 0.3 is 5.69 Å². The number of fused-ring (bicyclic) bond motifs is 1. The Morgan fingerprint density at radius 2 is 1.91 bits per heavy atom. The number of aliphatic hydroxyl groups is 1. The topological polar surface area (TPSA) is 94.9 Å². The summed E-state index contributed by atoms with van der Waals surface area (Å²) in [7, 11) is 0. The van der Waals surface area contributed by atoms with Gasteiger partial charge in [-0.05, 0) is 55.0 Å². The van der Waals surface area contributed by atoms with Crippen molar-refractivity contribution in [2.75, 3.05) is 0 Å². The van der Waals surface area contributed by atoms with E-state index >= 15 is 4.39 Å². The molecule has 0 amide bonds. The van der Waals surface area contributed by atoms with Gasteiger partial charge < -0.3 is 5.11 Å².